The van der Waals surface area contributed by atoms with E-state index in [0.717, 1.165) is 35.1 Å². The molecule has 2 N–H and O–H groups in total. The van der Waals surface area contributed by atoms with Crippen molar-refractivity contribution < 1.29 is 13.2 Å². The highest BCUT2D eigenvalue weighted by Crippen LogP contribution is 2.18. The van der Waals surface area contributed by atoms with E-state index < -0.39 is 10.0 Å². The highest BCUT2D eigenvalue weighted by molar-refractivity contribution is 7.88. The molecule has 0 unspecified atom stereocenters. The summed E-state index contributed by atoms with van der Waals surface area (Å²) in [5.74, 6) is -0.102. The minimum absolute atomic E-state index is 0.0456. The number of sulfonamides is 1. The zero-order valence-corrected chi connectivity index (χ0v) is 18.0. The van der Waals surface area contributed by atoms with Crippen molar-refractivity contribution in [2.45, 2.75) is 64.3 Å². The normalized spacial score (nSPS) is 15.2. The van der Waals surface area contributed by atoms with Crippen molar-refractivity contribution >= 4 is 15.9 Å². The van der Waals surface area contributed by atoms with E-state index >= 15 is 0 Å². The van der Waals surface area contributed by atoms with Crippen LogP contribution in [0.1, 0.15) is 64.7 Å². The van der Waals surface area contributed by atoms with Crippen LogP contribution < -0.4 is 10.0 Å². The van der Waals surface area contributed by atoms with Crippen molar-refractivity contribution in [3.8, 4) is 0 Å². The number of carbonyl (C=O) groups excluding carboxylic acids is 1. The lowest BCUT2D eigenvalue weighted by molar-refractivity contribution is 0.0927. The fraction of sp³-hybridized carbons (Fsp3) is 0.435. The summed E-state index contributed by atoms with van der Waals surface area (Å²) in [4.78, 5) is 12.4. The maximum atomic E-state index is 12.4. The number of rotatable bonds is 7. The van der Waals surface area contributed by atoms with Crippen molar-refractivity contribution in [2.24, 2.45) is 0 Å². The summed E-state index contributed by atoms with van der Waals surface area (Å²) in [5, 5.41) is 3.10. The molecule has 0 aromatic heterocycles. The van der Waals surface area contributed by atoms with Crippen molar-refractivity contribution in [3.05, 3.63) is 70.3 Å². The highest BCUT2D eigenvalue weighted by Gasteiger charge is 2.17. The summed E-state index contributed by atoms with van der Waals surface area (Å²) in [6.45, 7) is 4.19. The number of benzene rings is 2. The van der Waals surface area contributed by atoms with E-state index in [-0.39, 0.29) is 24.2 Å². The molecule has 0 atom stereocenters. The Kier molecular flexibility index (Phi) is 7.09. The molecule has 3 rings (SSSR count). The Morgan fingerprint density at radius 3 is 2.24 bits per heavy atom. The van der Waals surface area contributed by atoms with Crippen molar-refractivity contribution in [1.29, 1.82) is 0 Å². The number of hydrogen-bond donors (Lipinski definition) is 2. The Bertz CT molecular complexity index is 947. The van der Waals surface area contributed by atoms with Crippen LogP contribution in [0.15, 0.2) is 42.5 Å². The minimum atomic E-state index is -3.44. The van der Waals surface area contributed by atoms with Gasteiger partial charge in [-0.1, -0.05) is 49.6 Å². The molecule has 29 heavy (non-hydrogen) atoms. The van der Waals surface area contributed by atoms with Crippen LogP contribution in [0.2, 0.25) is 0 Å². The van der Waals surface area contributed by atoms with Gasteiger partial charge in [-0.2, -0.15) is 0 Å². The maximum Gasteiger partial charge on any atom is 0.251 e. The van der Waals surface area contributed by atoms with Gasteiger partial charge in [-0.05, 0) is 61.1 Å². The zero-order chi connectivity index (χ0) is 20.9. The van der Waals surface area contributed by atoms with Gasteiger partial charge in [0, 0.05) is 18.2 Å². The van der Waals surface area contributed by atoms with E-state index in [4.69, 9.17) is 0 Å². The quantitative estimate of drug-likeness (QED) is 0.719. The zero-order valence-electron chi connectivity index (χ0n) is 17.2. The Hall–Kier alpha value is -2.18. The van der Waals surface area contributed by atoms with E-state index in [1.165, 1.54) is 19.3 Å². The van der Waals surface area contributed by atoms with Gasteiger partial charge in [0.1, 0.15) is 0 Å². The smallest absolute Gasteiger partial charge is 0.251 e. The number of amides is 1. The summed E-state index contributed by atoms with van der Waals surface area (Å²) >= 11 is 0. The molecule has 1 aliphatic rings. The van der Waals surface area contributed by atoms with Crippen LogP contribution in [0.3, 0.4) is 0 Å². The summed E-state index contributed by atoms with van der Waals surface area (Å²) in [5.41, 5.74) is 4.43. The highest BCUT2D eigenvalue weighted by atomic mass is 32.2. The number of hydrogen-bond acceptors (Lipinski definition) is 3. The number of aryl methyl sites for hydroxylation is 2. The van der Waals surface area contributed by atoms with E-state index in [2.05, 4.69) is 10.0 Å². The van der Waals surface area contributed by atoms with Crippen LogP contribution in [-0.4, -0.2) is 20.4 Å². The Labute approximate surface area is 174 Å². The average molecular weight is 415 g/mol. The molecule has 2 aromatic rings. The molecule has 1 saturated carbocycles. The second-order valence-electron chi connectivity index (χ2n) is 8.00. The van der Waals surface area contributed by atoms with Gasteiger partial charge in [0.15, 0.2) is 0 Å². The van der Waals surface area contributed by atoms with Gasteiger partial charge >= 0.3 is 0 Å². The first-order valence-corrected chi connectivity index (χ1v) is 11.9. The number of carbonyl (C=O) groups is 1. The lowest BCUT2D eigenvalue weighted by Crippen LogP contribution is -2.36. The Morgan fingerprint density at radius 1 is 0.931 bits per heavy atom. The van der Waals surface area contributed by atoms with Crippen LogP contribution in [-0.2, 0) is 22.3 Å². The largest absolute Gasteiger partial charge is 0.349 e. The van der Waals surface area contributed by atoms with Crippen molar-refractivity contribution in [3.63, 3.8) is 0 Å². The molecule has 0 bridgehead atoms. The molecular weight excluding hydrogens is 384 g/mol. The third kappa shape index (κ3) is 6.41. The van der Waals surface area contributed by atoms with Crippen molar-refractivity contribution in [2.75, 3.05) is 0 Å². The fourth-order valence-corrected chi connectivity index (χ4v) is 4.75. The predicted octanol–water partition coefficient (Wildman–Crippen LogP) is 3.99. The van der Waals surface area contributed by atoms with E-state index in [9.17, 15) is 13.2 Å². The van der Waals surface area contributed by atoms with Gasteiger partial charge in [0.25, 0.3) is 5.91 Å². The van der Waals surface area contributed by atoms with Gasteiger partial charge in [-0.15, -0.1) is 0 Å². The lowest BCUT2D eigenvalue weighted by atomic mass is 9.95. The Morgan fingerprint density at radius 2 is 1.59 bits per heavy atom. The molecular formula is C23H30N2O3S. The first-order valence-electron chi connectivity index (χ1n) is 10.3. The number of nitrogens with one attached hydrogen (secondary N) is 2. The van der Waals surface area contributed by atoms with Crippen molar-refractivity contribution in [1.82, 2.24) is 10.0 Å². The van der Waals surface area contributed by atoms with Crippen LogP contribution in [0.4, 0.5) is 0 Å². The summed E-state index contributed by atoms with van der Waals surface area (Å²) < 4.78 is 27.4. The molecule has 0 spiro atoms. The second-order valence-corrected chi connectivity index (χ2v) is 9.81. The topological polar surface area (TPSA) is 75.3 Å². The minimum Gasteiger partial charge on any atom is -0.349 e. The summed E-state index contributed by atoms with van der Waals surface area (Å²) in [6, 6.07) is 13.1. The SMILES string of the molecule is Cc1ccc(CS(=O)(=O)NCc2ccc(C(=O)NC3CCCCC3)cc2)cc1C. The third-order valence-corrected chi connectivity index (χ3v) is 6.88. The van der Waals surface area contributed by atoms with Crippen LogP contribution in [0.25, 0.3) is 0 Å². The monoisotopic (exact) mass is 414 g/mol. The van der Waals surface area contributed by atoms with Crippen LogP contribution in [0, 0.1) is 13.8 Å². The third-order valence-electron chi connectivity index (χ3n) is 5.58. The van der Waals surface area contributed by atoms with Gasteiger partial charge < -0.3 is 5.32 Å². The fourth-order valence-electron chi connectivity index (χ4n) is 3.65. The summed E-state index contributed by atoms with van der Waals surface area (Å²) in [6.07, 6.45) is 5.69. The van der Waals surface area contributed by atoms with Crippen LogP contribution in [0.5, 0.6) is 0 Å². The first-order chi connectivity index (χ1) is 13.8. The molecule has 6 heteroatoms. The predicted molar refractivity (Wildman–Crippen MR) is 116 cm³/mol. The first kappa shape index (κ1) is 21.5. The second kappa shape index (κ2) is 9.55. The molecule has 0 radical (unpaired) electrons. The Balaban J connectivity index is 1.53. The lowest BCUT2D eigenvalue weighted by Gasteiger charge is -2.22. The standard InChI is InChI=1S/C23H30N2O3S/c1-17-8-9-20(14-18(17)2)16-29(27,28)24-15-19-10-12-21(13-11-19)23(26)25-22-6-4-3-5-7-22/h8-14,22,24H,3-7,15-16H2,1-2H3,(H,25,26). The average Bonchev–Trinajstić information content (AvgIpc) is 2.70. The van der Waals surface area contributed by atoms with E-state index in [1.807, 2.05) is 32.0 Å². The van der Waals surface area contributed by atoms with Crippen LogP contribution >= 0.6 is 0 Å². The summed E-state index contributed by atoms with van der Waals surface area (Å²) in [7, 11) is -3.44. The van der Waals surface area contributed by atoms with Gasteiger partial charge in [-0.3, -0.25) is 4.79 Å². The molecule has 0 saturated heterocycles. The molecule has 1 amide bonds. The molecule has 156 valence electrons. The molecule has 0 aliphatic heterocycles. The van der Waals surface area contributed by atoms with Gasteiger partial charge in [0.2, 0.25) is 10.0 Å². The van der Waals surface area contributed by atoms with Gasteiger partial charge in [0.05, 0.1) is 5.75 Å². The molecule has 1 aliphatic carbocycles. The maximum absolute atomic E-state index is 12.4. The molecule has 0 heterocycles. The van der Waals surface area contributed by atoms with E-state index in [1.54, 1.807) is 24.3 Å². The molecule has 5 nitrogen and oxygen atoms in total. The molecule has 2 aromatic carbocycles. The molecule has 1 fully saturated rings. The van der Waals surface area contributed by atoms with Gasteiger partial charge in [-0.25, -0.2) is 13.1 Å². The van der Waals surface area contributed by atoms with E-state index in [0.29, 0.717) is 5.56 Å².